The van der Waals surface area contributed by atoms with E-state index < -0.39 is 0 Å². The SMILES string of the molecule is CCOc1ccccc1CNc1ccn2ncc(C(=O)NC(C)C)c2n1. The third kappa shape index (κ3) is 3.93. The van der Waals surface area contributed by atoms with E-state index >= 15 is 0 Å². The highest BCUT2D eigenvalue weighted by Crippen LogP contribution is 2.19. The van der Waals surface area contributed by atoms with Gasteiger partial charge in [-0.25, -0.2) is 9.50 Å². The van der Waals surface area contributed by atoms with Crippen LogP contribution in [0.3, 0.4) is 0 Å². The number of ether oxygens (including phenoxy) is 1. The summed E-state index contributed by atoms with van der Waals surface area (Å²) in [5.74, 6) is 1.34. The molecule has 1 amide bonds. The topological polar surface area (TPSA) is 80.5 Å². The van der Waals surface area contributed by atoms with Crippen LogP contribution in [-0.2, 0) is 6.54 Å². The van der Waals surface area contributed by atoms with Gasteiger partial charge in [0, 0.05) is 24.3 Å². The second kappa shape index (κ2) is 7.86. The Hall–Kier alpha value is -3.09. The first-order chi connectivity index (χ1) is 12.6. The fourth-order valence-corrected chi connectivity index (χ4v) is 2.60. The number of amides is 1. The molecule has 7 heteroatoms. The molecule has 136 valence electrons. The Labute approximate surface area is 152 Å². The third-order valence-corrected chi connectivity index (χ3v) is 3.77. The second-order valence-corrected chi connectivity index (χ2v) is 6.16. The van der Waals surface area contributed by atoms with Gasteiger partial charge in [-0.3, -0.25) is 4.79 Å². The molecule has 0 aliphatic heterocycles. The van der Waals surface area contributed by atoms with Gasteiger partial charge in [0.2, 0.25) is 0 Å². The van der Waals surface area contributed by atoms with Crippen molar-refractivity contribution in [2.45, 2.75) is 33.4 Å². The zero-order valence-electron chi connectivity index (χ0n) is 15.2. The van der Waals surface area contributed by atoms with E-state index in [9.17, 15) is 4.79 Å². The van der Waals surface area contributed by atoms with Gasteiger partial charge in [-0.2, -0.15) is 5.10 Å². The van der Waals surface area contributed by atoms with Crippen molar-refractivity contribution in [1.29, 1.82) is 0 Å². The first kappa shape index (κ1) is 17.7. The molecular formula is C19H23N5O2. The molecule has 0 aliphatic rings. The highest BCUT2D eigenvalue weighted by molar-refractivity contribution is 5.99. The van der Waals surface area contributed by atoms with Gasteiger partial charge in [0.25, 0.3) is 5.91 Å². The summed E-state index contributed by atoms with van der Waals surface area (Å²) in [5.41, 5.74) is 2.02. The molecule has 7 nitrogen and oxygen atoms in total. The Morgan fingerprint density at radius 1 is 1.27 bits per heavy atom. The molecule has 0 fully saturated rings. The molecule has 0 bridgehead atoms. The van der Waals surface area contributed by atoms with Crippen LogP contribution in [0.15, 0.2) is 42.7 Å². The molecule has 0 atom stereocenters. The minimum Gasteiger partial charge on any atom is -0.494 e. The van der Waals surface area contributed by atoms with E-state index in [0.29, 0.717) is 30.2 Å². The smallest absolute Gasteiger partial charge is 0.256 e. The lowest BCUT2D eigenvalue weighted by molar-refractivity contribution is 0.0944. The van der Waals surface area contributed by atoms with Gasteiger partial charge in [-0.15, -0.1) is 0 Å². The van der Waals surface area contributed by atoms with Crippen LogP contribution in [0.2, 0.25) is 0 Å². The molecule has 3 aromatic rings. The average molecular weight is 353 g/mol. The number of rotatable bonds is 7. The summed E-state index contributed by atoms with van der Waals surface area (Å²) in [4.78, 5) is 16.8. The van der Waals surface area contributed by atoms with E-state index in [1.165, 1.54) is 6.20 Å². The van der Waals surface area contributed by atoms with Gasteiger partial charge < -0.3 is 15.4 Å². The summed E-state index contributed by atoms with van der Waals surface area (Å²) in [5, 5.41) is 10.3. The number of anilines is 1. The molecule has 0 unspecified atom stereocenters. The Morgan fingerprint density at radius 3 is 2.85 bits per heavy atom. The van der Waals surface area contributed by atoms with Crippen molar-refractivity contribution in [2.24, 2.45) is 0 Å². The van der Waals surface area contributed by atoms with Crippen LogP contribution in [0, 0.1) is 0 Å². The zero-order valence-corrected chi connectivity index (χ0v) is 15.2. The molecule has 26 heavy (non-hydrogen) atoms. The Morgan fingerprint density at radius 2 is 2.08 bits per heavy atom. The van der Waals surface area contributed by atoms with Gasteiger partial charge in [-0.1, -0.05) is 18.2 Å². The number of hydrogen-bond acceptors (Lipinski definition) is 5. The van der Waals surface area contributed by atoms with E-state index in [2.05, 4.69) is 20.7 Å². The van der Waals surface area contributed by atoms with E-state index in [0.717, 1.165) is 11.3 Å². The lowest BCUT2D eigenvalue weighted by Gasteiger charge is -2.11. The quantitative estimate of drug-likeness (QED) is 0.683. The van der Waals surface area contributed by atoms with Crippen molar-refractivity contribution in [2.75, 3.05) is 11.9 Å². The summed E-state index contributed by atoms with van der Waals surface area (Å²) in [7, 11) is 0. The fourth-order valence-electron chi connectivity index (χ4n) is 2.60. The fraction of sp³-hybridized carbons (Fsp3) is 0.316. The molecule has 0 aliphatic carbocycles. The number of benzene rings is 1. The maximum Gasteiger partial charge on any atom is 0.256 e. The molecule has 2 heterocycles. The van der Waals surface area contributed by atoms with E-state index in [4.69, 9.17) is 4.74 Å². The van der Waals surface area contributed by atoms with E-state index in [1.54, 1.807) is 10.7 Å². The van der Waals surface area contributed by atoms with Gasteiger partial charge in [0.05, 0.1) is 12.8 Å². The summed E-state index contributed by atoms with van der Waals surface area (Å²) >= 11 is 0. The number of nitrogens with one attached hydrogen (secondary N) is 2. The molecule has 3 rings (SSSR count). The number of nitrogens with zero attached hydrogens (tertiary/aromatic N) is 3. The molecule has 2 N–H and O–H groups in total. The number of aromatic nitrogens is 3. The van der Waals surface area contributed by atoms with Crippen molar-refractivity contribution in [1.82, 2.24) is 19.9 Å². The third-order valence-electron chi connectivity index (χ3n) is 3.77. The highest BCUT2D eigenvalue weighted by atomic mass is 16.5. The van der Waals surface area contributed by atoms with Crippen LogP contribution in [0.1, 0.15) is 36.7 Å². The van der Waals surface area contributed by atoms with Crippen molar-refractivity contribution in [3.8, 4) is 5.75 Å². The Balaban J connectivity index is 1.80. The molecular weight excluding hydrogens is 330 g/mol. The first-order valence-corrected chi connectivity index (χ1v) is 8.68. The number of para-hydroxylation sites is 1. The van der Waals surface area contributed by atoms with Crippen LogP contribution >= 0.6 is 0 Å². The van der Waals surface area contributed by atoms with Gasteiger partial charge in [0.1, 0.15) is 17.1 Å². The predicted octanol–water partition coefficient (Wildman–Crippen LogP) is 2.88. The van der Waals surface area contributed by atoms with Gasteiger partial charge in [0.15, 0.2) is 5.65 Å². The maximum absolute atomic E-state index is 12.3. The number of carbonyl (C=O) groups excluding carboxylic acids is 1. The summed E-state index contributed by atoms with van der Waals surface area (Å²) in [6.07, 6.45) is 3.32. The highest BCUT2D eigenvalue weighted by Gasteiger charge is 2.15. The lowest BCUT2D eigenvalue weighted by Crippen LogP contribution is -2.30. The normalized spacial score (nSPS) is 10.9. The Bertz CT molecular complexity index is 904. The largest absolute Gasteiger partial charge is 0.494 e. The first-order valence-electron chi connectivity index (χ1n) is 8.68. The zero-order chi connectivity index (χ0) is 18.5. The summed E-state index contributed by atoms with van der Waals surface area (Å²) in [6.45, 7) is 6.98. The number of carbonyl (C=O) groups is 1. The predicted molar refractivity (Wildman–Crippen MR) is 101 cm³/mol. The van der Waals surface area contributed by atoms with E-state index in [1.807, 2.05) is 51.1 Å². The molecule has 1 aromatic carbocycles. The maximum atomic E-state index is 12.3. The Kier molecular flexibility index (Phi) is 5.36. The molecule has 0 radical (unpaired) electrons. The van der Waals surface area contributed by atoms with Crippen molar-refractivity contribution >= 4 is 17.4 Å². The molecule has 0 saturated heterocycles. The number of fused-ring (bicyclic) bond motifs is 1. The van der Waals surface area contributed by atoms with Crippen LogP contribution < -0.4 is 15.4 Å². The monoisotopic (exact) mass is 353 g/mol. The van der Waals surface area contributed by atoms with Gasteiger partial charge in [-0.05, 0) is 32.9 Å². The standard InChI is InChI=1S/C19H23N5O2/c1-4-26-16-8-6-5-7-14(16)11-20-17-9-10-24-18(23-17)15(12-21-24)19(25)22-13(2)3/h5-10,12-13H,4,11H2,1-3H3,(H,20,23)(H,22,25). The van der Waals surface area contributed by atoms with Crippen LogP contribution in [-0.4, -0.2) is 33.2 Å². The van der Waals surface area contributed by atoms with Crippen molar-refractivity contribution in [3.05, 3.63) is 53.9 Å². The average Bonchev–Trinajstić information content (AvgIpc) is 3.04. The van der Waals surface area contributed by atoms with Crippen molar-refractivity contribution in [3.63, 3.8) is 0 Å². The lowest BCUT2D eigenvalue weighted by atomic mass is 10.2. The van der Waals surface area contributed by atoms with Crippen LogP contribution in [0.25, 0.3) is 5.65 Å². The summed E-state index contributed by atoms with van der Waals surface area (Å²) < 4.78 is 7.24. The summed E-state index contributed by atoms with van der Waals surface area (Å²) in [6, 6.07) is 9.76. The minimum atomic E-state index is -0.179. The second-order valence-electron chi connectivity index (χ2n) is 6.16. The minimum absolute atomic E-state index is 0.0498. The van der Waals surface area contributed by atoms with Gasteiger partial charge >= 0.3 is 0 Å². The van der Waals surface area contributed by atoms with E-state index in [-0.39, 0.29) is 11.9 Å². The molecule has 0 saturated carbocycles. The molecule has 0 spiro atoms. The van der Waals surface area contributed by atoms with Crippen molar-refractivity contribution < 1.29 is 9.53 Å². The molecule has 2 aromatic heterocycles. The van der Waals surface area contributed by atoms with Crippen LogP contribution in [0.5, 0.6) is 5.75 Å². The number of hydrogen-bond donors (Lipinski definition) is 2. The van der Waals surface area contributed by atoms with Crippen LogP contribution in [0.4, 0.5) is 5.82 Å².